The van der Waals surface area contributed by atoms with Gasteiger partial charge in [0.25, 0.3) is 11.8 Å². The second-order valence-corrected chi connectivity index (χ2v) is 7.44. The van der Waals surface area contributed by atoms with Gasteiger partial charge in [0.05, 0.1) is 5.69 Å². The molecule has 7 nitrogen and oxygen atoms in total. The molecule has 1 atom stereocenters. The highest BCUT2D eigenvalue weighted by molar-refractivity contribution is 7.10. The third-order valence-corrected chi connectivity index (χ3v) is 4.62. The van der Waals surface area contributed by atoms with Crippen molar-refractivity contribution in [3.8, 4) is 0 Å². The molecule has 0 saturated carbocycles. The quantitative estimate of drug-likeness (QED) is 0.814. The van der Waals surface area contributed by atoms with E-state index in [1.54, 1.807) is 0 Å². The normalized spacial score (nSPS) is 20.6. The first-order valence-corrected chi connectivity index (χ1v) is 8.17. The van der Waals surface area contributed by atoms with Crippen LogP contribution in [0.3, 0.4) is 0 Å². The maximum Gasteiger partial charge on any atom is 0.267 e. The van der Waals surface area contributed by atoms with Crippen LogP contribution in [-0.4, -0.2) is 33.4 Å². The second-order valence-electron chi connectivity index (χ2n) is 6.55. The number of carbonyl (C=O) groups is 3. The molecule has 0 bridgehead atoms. The lowest BCUT2D eigenvalue weighted by Gasteiger charge is -2.28. The summed E-state index contributed by atoms with van der Waals surface area (Å²) in [4.78, 5) is 45.9. The maximum absolute atomic E-state index is 12.7. The molecule has 8 heteroatoms. The van der Waals surface area contributed by atoms with Gasteiger partial charge < -0.3 is 5.73 Å². The fourth-order valence-corrected chi connectivity index (χ4v) is 3.44. The first-order valence-electron chi connectivity index (χ1n) is 7.29. The molecule has 24 heavy (non-hydrogen) atoms. The number of rotatable bonds is 2. The lowest BCUT2D eigenvalue weighted by molar-refractivity contribution is -0.134. The van der Waals surface area contributed by atoms with E-state index in [4.69, 9.17) is 5.73 Å². The number of amidine groups is 1. The molecule has 3 heterocycles. The topological polar surface area (TPSA) is 106 Å². The third kappa shape index (κ3) is 2.69. The summed E-state index contributed by atoms with van der Waals surface area (Å²) in [7, 11) is 0. The van der Waals surface area contributed by atoms with Crippen molar-refractivity contribution in [1.82, 2.24) is 9.88 Å². The molecule has 1 aromatic heterocycles. The zero-order chi connectivity index (χ0) is 17.6. The monoisotopic (exact) mass is 344 g/mol. The maximum atomic E-state index is 12.7. The number of aromatic nitrogens is 1. The van der Waals surface area contributed by atoms with Crippen molar-refractivity contribution in [1.29, 1.82) is 0 Å². The van der Waals surface area contributed by atoms with E-state index in [9.17, 15) is 14.4 Å². The summed E-state index contributed by atoms with van der Waals surface area (Å²) in [5.41, 5.74) is 6.05. The predicted octanol–water partition coefficient (Wildman–Crippen LogP) is 1.23. The molecule has 0 spiro atoms. The average molecular weight is 344 g/mol. The van der Waals surface area contributed by atoms with Crippen LogP contribution in [0.1, 0.15) is 37.4 Å². The Labute approximate surface area is 142 Å². The standard InChI is InChI=1S/C16H16N4O3S/c1-16(2,3)9-7-24-14(18-9)11-13(22)19-10-6-8(12(17)21)4-5-20(10)15(11)23/h4-7,11H,1-3H3,(H2,17,21). The molecule has 2 N–H and O–H groups in total. The summed E-state index contributed by atoms with van der Waals surface area (Å²) < 4.78 is 0. The summed E-state index contributed by atoms with van der Waals surface area (Å²) in [6.07, 6.45) is 4.16. The molecule has 1 unspecified atom stereocenters. The first-order chi connectivity index (χ1) is 11.2. The van der Waals surface area contributed by atoms with E-state index < -0.39 is 23.6 Å². The van der Waals surface area contributed by atoms with Gasteiger partial charge in [-0.05, 0) is 12.2 Å². The Bertz CT molecular complexity index is 842. The number of hydrogen-bond donors (Lipinski definition) is 1. The lowest BCUT2D eigenvalue weighted by atomic mass is 9.93. The first kappa shape index (κ1) is 16.3. The van der Waals surface area contributed by atoms with Gasteiger partial charge in [0, 0.05) is 22.6 Å². The van der Waals surface area contributed by atoms with Gasteiger partial charge in [0.2, 0.25) is 5.91 Å². The van der Waals surface area contributed by atoms with Crippen molar-refractivity contribution in [3.05, 3.63) is 40.0 Å². The summed E-state index contributed by atoms with van der Waals surface area (Å²) in [6, 6.07) is 0. The Balaban J connectivity index is 1.98. The molecule has 0 aromatic carbocycles. The number of hydrogen-bond acceptors (Lipinski definition) is 5. The van der Waals surface area contributed by atoms with E-state index in [-0.39, 0.29) is 16.8 Å². The SMILES string of the molecule is CC(C)(C)c1csc(C2C(=O)N=C3C=C(C(N)=O)C=CN3C2=O)n1. The van der Waals surface area contributed by atoms with E-state index in [1.807, 2.05) is 26.2 Å². The predicted molar refractivity (Wildman–Crippen MR) is 89.3 cm³/mol. The van der Waals surface area contributed by atoms with Crippen LogP contribution >= 0.6 is 11.3 Å². The second kappa shape index (κ2) is 5.48. The van der Waals surface area contributed by atoms with Crippen LogP contribution in [0.25, 0.3) is 0 Å². The molecule has 0 fully saturated rings. The van der Waals surface area contributed by atoms with Crippen LogP contribution in [0, 0.1) is 0 Å². The molecule has 0 radical (unpaired) electrons. The minimum Gasteiger partial charge on any atom is -0.366 e. The van der Waals surface area contributed by atoms with Crippen LogP contribution < -0.4 is 5.73 Å². The number of nitrogens with zero attached hydrogens (tertiary/aromatic N) is 3. The Morgan fingerprint density at radius 3 is 2.62 bits per heavy atom. The van der Waals surface area contributed by atoms with Crippen molar-refractivity contribution >= 4 is 34.9 Å². The molecular formula is C16H16N4O3S. The van der Waals surface area contributed by atoms with E-state index in [0.717, 1.165) is 5.69 Å². The molecule has 2 aliphatic rings. The highest BCUT2D eigenvalue weighted by Gasteiger charge is 2.40. The molecule has 3 rings (SSSR count). The number of carbonyl (C=O) groups excluding carboxylic acids is 3. The van der Waals surface area contributed by atoms with Crippen LogP contribution in [0.2, 0.25) is 0 Å². The Morgan fingerprint density at radius 2 is 2.04 bits per heavy atom. The zero-order valence-corrected chi connectivity index (χ0v) is 14.3. The van der Waals surface area contributed by atoms with Gasteiger partial charge in [-0.1, -0.05) is 20.8 Å². The van der Waals surface area contributed by atoms with Gasteiger partial charge in [-0.15, -0.1) is 11.3 Å². The molecular weight excluding hydrogens is 328 g/mol. The Kier molecular flexibility index (Phi) is 3.71. The van der Waals surface area contributed by atoms with Crippen molar-refractivity contribution in [2.75, 3.05) is 0 Å². The van der Waals surface area contributed by atoms with Crippen LogP contribution in [0.15, 0.2) is 34.3 Å². The van der Waals surface area contributed by atoms with Crippen molar-refractivity contribution in [2.45, 2.75) is 32.1 Å². The van der Waals surface area contributed by atoms with Crippen LogP contribution in [-0.2, 0) is 19.8 Å². The highest BCUT2D eigenvalue weighted by atomic mass is 32.1. The van der Waals surface area contributed by atoms with Crippen molar-refractivity contribution in [2.24, 2.45) is 10.7 Å². The van der Waals surface area contributed by atoms with Crippen LogP contribution in [0.5, 0.6) is 0 Å². The van der Waals surface area contributed by atoms with Gasteiger partial charge in [0.15, 0.2) is 5.92 Å². The fraction of sp³-hybridized carbons (Fsp3) is 0.312. The Morgan fingerprint density at radius 1 is 1.33 bits per heavy atom. The average Bonchev–Trinajstić information content (AvgIpc) is 2.96. The summed E-state index contributed by atoms with van der Waals surface area (Å²) >= 11 is 1.27. The summed E-state index contributed by atoms with van der Waals surface area (Å²) in [5.74, 6) is -2.62. The minimum absolute atomic E-state index is 0.102. The van der Waals surface area contributed by atoms with Gasteiger partial charge in [0.1, 0.15) is 10.8 Å². The number of primary amides is 1. The highest BCUT2D eigenvalue weighted by Crippen LogP contribution is 2.32. The Hall–Kier alpha value is -2.61. The van der Waals surface area contributed by atoms with Crippen LogP contribution in [0.4, 0.5) is 0 Å². The minimum atomic E-state index is -1.05. The number of thiazole rings is 1. The number of nitrogens with two attached hydrogens (primary N) is 1. The largest absolute Gasteiger partial charge is 0.366 e. The van der Waals surface area contributed by atoms with Gasteiger partial charge in [-0.25, -0.2) is 4.98 Å². The molecule has 0 aliphatic carbocycles. The van der Waals surface area contributed by atoms with Crippen molar-refractivity contribution < 1.29 is 14.4 Å². The molecule has 0 saturated heterocycles. The number of amides is 3. The number of aliphatic imine (C=N–C) groups is 1. The van der Waals surface area contributed by atoms with E-state index in [2.05, 4.69) is 9.98 Å². The lowest BCUT2D eigenvalue weighted by Crippen LogP contribution is -2.44. The van der Waals surface area contributed by atoms with Crippen molar-refractivity contribution in [3.63, 3.8) is 0 Å². The molecule has 2 aliphatic heterocycles. The molecule has 1 aromatic rings. The van der Waals surface area contributed by atoms with Gasteiger partial charge >= 0.3 is 0 Å². The summed E-state index contributed by atoms with van der Waals surface area (Å²) in [5, 5.41) is 2.28. The van der Waals surface area contributed by atoms with E-state index in [0.29, 0.717) is 5.01 Å². The summed E-state index contributed by atoms with van der Waals surface area (Å²) in [6.45, 7) is 6.03. The van der Waals surface area contributed by atoms with Gasteiger partial charge in [-0.2, -0.15) is 4.99 Å². The zero-order valence-electron chi connectivity index (χ0n) is 13.4. The van der Waals surface area contributed by atoms with E-state index in [1.165, 1.54) is 34.6 Å². The fourth-order valence-electron chi connectivity index (χ4n) is 2.31. The molecule has 3 amide bonds. The number of fused-ring (bicyclic) bond motifs is 1. The third-order valence-electron chi connectivity index (χ3n) is 3.71. The van der Waals surface area contributed by atoms with E-state index >= 15 is 0 Å². The van der Waals surface area contributed by atoms with Gasteiger partial charge in [-0.3, -0.25) is 19.3 Å². The smallest absolute Gasteiger partial charge is 0.267 e. The molecule has 124 valence electrons.